The zero-order valence-corrected chi connectivity index (χ0v) is 17.1. The third-order valence-corrected chi connectivity index (χ3v) is 4.98. The maximum atomic E-state index is 13.3. The largest absolute Gasteiger partial charge is 0.360 e. The minimum Gasteiger partial charge on any atom is -0.360 e. The molecule has 4 rings (SSSR count). The van der Waals surface area contributed by atoms with Gasteiger partial charge in [0.15, 0.2) is 0 Å². The van der Waals surface area contributed by atoms with E-state index in [9.17, 15) is 8.78 Å². The molecule has 0 bridgehead atoms. The first kappa shape index (κ1) is 21.5. The average molecular weight is 432 g/mol. The minimum atomic E-state index is -0.173. The van der Waals surface area contributed by atoms with Gasteiger partial charge < -0.3 is 9.97 Å². The van der Waals surface area contributed by atoms with Gasteiger partial charge in [-0.1, -0.05) is 37.0 Å². The Morgan fingerprint density at radius 2 is 1.11 bits per heavy atom. The Kier molecular flexibility index (Phi) is 7.15. The molecule has 0 radical (unpaired) electrons. The van der Waals surface area contributed by atoms with E-state index in [4.69, 9.17) is 23.2 Å². The molecule has 4 aromatic rings. The van der Waals surface area contributed by atoms with Crippen LogP contribution in [0.4, 0.5) is 8.78 Å². The number of aromatic nitrogens is 2. The minimum absolute atomic E-state index is 0. The van der Waals surface area contributed by atoms with E-state index in [0.29, 0.717) is 34.0 Å². The summed E-state index contributed by atoms with van der Waals surface area (Å²) in [6.45, 7) is 3.84. The third kappa shape index (κ3) is 4.40. The van der Waals surface area contributed by atoms with Crippen molar-refractivity contribution >= 4 is 57.4 Å². The lowest BCUT2D eigenvalue weighted by Gasteiger charge is -1.99. The quantitative estimate of drug-likeness (QED) is 0.330. The number of fused-ring (bicyclic) bond motifs is 2. The molecule has 2 aromatic carbocycles. The Bertz CT molecular complexity index is 984. The summed E-state index contributed by atoms with van der Waals surface area (Å²) >= 11 is 11.8. The van der Waals surface area contributed by atoms with E-state index in [1.54, 1.807) is 24.5 Å². The molecular weight excluding hydrogens is 413 g/mol. The predicted molar refractivity (Wildman–Crippen MR) is 113 cm³/mol. The average Bonchev–Trinajstić information content (AvgIpc) is 3.16. The van der Waals surface area contributed by atoms with E-state index in [1.165, 1.54) is 12.1 Å². The standard InChI is InChI=1S/2C10H9ClFN.ClH/c2*1-2-6-3-7-8(11)5-13-10(7)4-9(6)12;/h2*3-5,13H,2H2,1H3;1H. The molecule has 0 spiro atoms. The lowest BCUT2D eigenvalue weighted by molar-refractivity contribution is 0.613. The van der Waals surface area contributed by atoms with Crippen molar-refractivity contribution in [3.05, 3.63) is 69.5 Å². The second kappa shape index (κ2) is 8.96. The number of aromatic amines is 2. The van der Waals surface area contributed by atoms with Gasteiger partial charge in [-0.25, -0.2) is 8.78 Å². The van der Waals surface area contributed by atoms with Crippen LogP contribution in [0.5, 0.6) is 0 Å². The van der Waals surface area contributed by atoms with Crippen LogP contribution < -0.4 is 0 Å². The maximum Gasteiger partial charge on any atom is 0.128 e. The van der Waals surface area contributed by atoms with Crippen molar-refractivity contribution < 1.29 is 8.78 Å². The number of benzene rings is 2. The molecule has 0 aliphatic rings. The summed E-state index contributed by atoms with van der Waals surface area (Å²) in [6, 6.07) is 6.56. The van der Waals surface area contributed by atoms with Gasteiger partial charge in [-0.05, 0) is 48.2 Å². The van der Waals surface area contributed by atoms with Gasteiger partial charge in [0.05, 0.1) is 10.0 Å². The molecule has 2 N–H and O–H groups in total. The first-order chi connectivity index (χ1) is 12.4. The molecule has 0 unspecified atom stereocenters. The van der Waals surface area contributed by atoms with E-state index >= 15 is 0 Å². The highest BCUT2D eigenvalue weighted by molar-refractivity contribution is 6.36. The normalized spacial score (nSPS) is 10.6. The Morgan fingerprint density at radius 1 is 0.741 bits per heavy atom. The van der Waals surface area contributed by atoms with E-state index < -0.39 is 0 Å². The number of aryl methyl sites for hydroxylation is 2. The molecule has 0 amide bonds. The molecular formula is C20H19Cl3F2N2. The summed E-state index contributed by atoms with van der Waals surface area (Å²) in [4.78, 5) is 5.82. The molecule has 2 aromatic heterocycles. The van der Waals surface area contributed by atoms with Crippen molar-refractivity contribution in [3.63, 3.8) is 0 Å². The zero-order chi connectivity index (χ0) is 18.8. The number of hydrogen-bond donors (Lipinski definition) is 2. The van der Waals surface area contributed by atoms with Crippen molar-refractivity contribution in [2.75, 3.05) is 0 Å². The van der Waals surface area contributed by atoms with Crippen molar-refractivity contribution in [2.45, 2.75) is 26.7 Å². The molecule has 2 nitrogen and oxygen atoms in total. The fourth-order valence-electron chi connectivity index (χ4n) is 2.85. The van der Waals surface area contributed by atoms with Crippen LogP contribution in [0.25, 0.3) is 21.8 Å². The Balaban J connectivity index is 0.000000187. The summed E-state index contributed by atoms with van der Waals surface area (Å²) in [7, 11) is 0. The van der Waals surface area contributed by atoms with Crippen LogP contribution in [0, 0.1) is 11.6 Å². The van der Waals surface area contributed by atoms with Crippen molar-refractivity contribution in [1.82, 2.24) is 9.97 Å². The lowest BCUT2D eigenvalue weighted by Crippen LogP contribution is -1.86. The first-order valence-corrected chi connectivity index (χ1v) is 9.10. The van der Waals surface area contributed by atoms with Crippen LogP contribution >= 0.6 is 35.6 Å². The predicted octanol–water partition coefficient (Wildman–Crippen LogP) is 7.47. The maximum absolute atomic E-state index is 13.3. The Morgan fingerprint density at radius 3 is 1.44 bits per heavy atom. The number of H-pyrrole nitrogens is 2. The summed E-state index contributed by atoms with van der Waals surface area (Å²) in [5.74, 6) is -0.345. The lowest BCUT2D eigenvalue weighted by atomic mass is 10.1. The number of nitrogens with one attached hydrogen (secondary N) is 2. The van der Waals surface area contributed by atoms with Crippen LogP contribution in [-0.2, 0) is 12.8 Å². The van der Waals surface area contributed by atoms with Crippen LogP contribution in [-0.4, -0.2) is 9.97 Å². The van der Waals surface area contributed by atoms with Crippen LogP contribution in [0.2, 0.25) is 10.0 Å². The fraction of sp³-hybridized carbons (Fsp3) is 0.200. The summed E-state index contributed by atoms with van der Waals surface area (Å²) in [5, 5.41) is 3.06. The molecule has 0 aliphatic heterocycles. The number of rotatable bonds is 2. The summed E-state index contributed by atoms with van der Waals surface area (Å²) < 4.78 is 26.5. The SMILES string of the molecule is CCc1cc2c(Cl)c[nH]c2cc1F.CCc1cc2c(Cl)c[nH]c2cc1F.Cl. The van der Waals surface area contributed by atoms with Crippen LogP contribution in [0.15, 0.2) is 36.7 Å². The second-order valence-electron chi connectivity index (χ2n) is 5.96. The topological polar surface area (TPSA) is 31.6 Å². The van der Waals surface area contributed by atoms with Gasteiger partial charge in [-0.15, -0.1) is 12.4 Å². The van der Waals surface area contributed by atoms with Gasteiger partial charge in [-0.3, -0.25) is 0 Å². The van der Waals surface area contributed by atoms with Gasteiger partial charge >= 0.3 is 0 Å². The van der Waals surface area contributed by atoms with Crippen LogP contribution in [0.1, 0.15) is 25.0 Å². The fourth-order valence-corrected chi connectivity index (χ4v) is 3.27. The highest BCUT2D eigenvalue weighted by Gasteiger charge is 2.07. The molecule has 0 aliphatic carbocycles. The number of hydrogen-bond acceptors (Lipinski definition) is 0. The van der Waals surface area contributed by atoms with Crippen molar-refractivity contribution in [1.29, 1.82) is 0 Å². The van der Waals surface area contributed by atoms with E-state index in [2.05, 4.69) is 9.97 Å². The highest BCUT2D eigenvalue weighted by atomic mass is 35.5. The molecule has 0 saturated heterocycles. The summed E-state index contributed by atoms with van der Waals surface area (Å²) in [5.41, 5.74) is 2.90. The van der Waals surface area contributed by atoms with Gasteiger partial charge in [0.1, 0.15) is 11.6 Å². The molecule has 0 atom stereocenters. The summed E-state index contributed by atoms with van der Waals surface area (Å²) in [6.07, 6.45) is 4.71. The molecule has 27 heavy (non-hydrogen) atoms. The zero-order valence-electron chi connectivity index (χ0n) is 14.8. The van der Waals surface area contributed by atoms with E-state index in [1.807, 2.05) is 13.8 Å². The van der Waals surface area contributed by atoms with Crippen molar-refractivity contribution in [3.8, 4) is 0 Å². The van der Waals surface area contributed by atoms with Gasteiger partial charge in [0.2, 0.25) is 0 Å². The highest BCUT2D eigenvalue weighted by Crippen LogP contribution is 2.26. The number of halogens is 5. The molecule has 144 valence electrons. The van der Waals surface area contributed by atoms with Crippen LogP contribution in [0.3, 0.4) is 0 Å². The second-order valence-corrected chi connectivity index (χ2v) is 6.77. The van der Waals surface area contributed by atoms with Gasteiger partial charge in [0.25, 0.3) is 0 Å². The van der Waals surface area contributed by atoms with Gasteiger partial charge in [0, 0.05) is 34.2 Å². The Labute approximate surface area is 172 Å². The van der Waals surface area contributed by atoms with E-state index in [-0.39, 0.29) is 24.0 Å². The molecule has 0 saturated carbocycles. The molecule has 7 heteroatoms. The third-order valence-electron chi connectivity index (χ3n) is 4.36. The van der Waals surface area contributed by atoms with Crippen molar-refractivity contribution in [2.24, 2.45) is 0 Å². The molecule has 2 heterocycles. The monoisotopic (exact) mass is 430 g/mol. The first-order valence-electron chi connectivity index (χ1n) is 8.34. The molecule has 0 fully saturated rings. The van der Waals surface area contributed by atoms with Gasteiger partial charge in [-0.2, -0.15) is 0 Å². The van der Waals surface area contributed by atoms with E-state index in [0.717, 1.165) is 21.8 Å². The smallest absolute Gasteiger partial charge is 0.128 e. The Hall–Kier alpha value is -1.75.